The molecule has 0 unspecified atom stereocenters. The van der Waals surface area contributed by atoms with Crippen LogP contribution in [0.2, 0.25) is 0 Å². The van der Waals surface area contributed by atoms with Gasteiger partial charge in [-0.25, -0.2) is 0 Å². The van der Waals surface area contributed by atoms with Crippen LogP contribution in [0.3, 0.4) is 0 Å². The van der Waals surface area contributed by atoms with Crippen LogP contribution in [0.15, 0.2) is 211 Å². The van der Waals surface area contributed by atoms with Crippen LogP contribution < -0.4 is 4.90 Å². The second-order valence-electron chi connectivity index (χ2n) is 16.6. The fourth-order valence-electron chi connectivity index (χ4n) is 9.78. The molecule has 0 saturated carbocycles. The predicted octanol–water partition coefficient (Wildman–Crippen LogP) is 15.8. The van der Waals surface area contributed by atoms with Gasteiger partial charge in [-0.2, -0.15) is 0 Å². The maximum absolute atomic E-state index is 6.36. The average molecular weight is 769 g/mol. The molecule has 3 heteroatoms. The summed E-state index contributed by atoms with van der Waals surface area (Å²) in [5, 5.41) is 4.75. The summed E-state index contributed by atoms with van der Waals surface area (Å²) in [4.78, 5) is 2.39. The Labute approximate surface area is 349 Å². The quantitative estimate of drug-likeness (QED) is 0.168. The van der Waals surface area contributed by atoms with Gasteiger partial charge in [0.25, 0.3) is 0 Å². The first-order valence-electron chi connectivity index (χ1n) is 20.7. The van der Waals surface area contributed by atoms with Crippen molar-refractivity contribution in [3.63, 3.8) is 0 Å². The molecule has 0 amide bonds. The van der Waals surface area contributed by atoms with Crippen LogP contribution in [-0.2, 0) is 5.41 Å². The summed E-state index contributed by atoms with van der Waals surface area (Å²) < 4.78 is 8.72. The first-order chi connectivity index (χ1) is 29.5. The molecule has 0 bridgehead atoms. The summed E-state index contributed by atoms with van der Waals surface area (Å²) in [6.07, 6.45) is 0. The highest BCUT2D eigenvalue weighted by molar-refractivity contribution is 6.17. The Morgan fingerprint density at radius 1 is 0.383 bits per heavy atom. The van der Waals surface area contributed by atoms with Gasteiger partial charge in [0.1, 0.15) is 11.2 Å². The molecule has 0 N–H and O–H groups in total. The Morgan fingerprint density at radius 2 is 0.950 bits per heavy atom. The highest BCUT2D eigenvalue weighted by Crippen LogP contribution is 2.51. The normalized spacial score (nSPS) is 13.0. The number of fused-ring (bicyclic) bond motifs is 9. The molecule has 2 aromatic heterocycles. The first kappa shape index (κ1) is 34.4. The maximum Gasteiger partial charge on any atom is 0.137 e. The molecule has 0 atom stereocenters. The number of aromatic nitrogens is 1. The van der Waals surface area contributed by atoms with Gasteiger partial charge < -0.3 is 13.9 Å². The van der Waals surface area contributed by atoms with E-state index < -0.39 is 0 Å². The van der Waals surface area contributed by atoms with E-state index in [1.807, 2.05) is 12.1 Å². The number of hydrogen-bond acceptors (Lipinski definition) is 2. The Balaban J connectivity index is 0.919. The molecule has 3 nitrogen and oxygen atoms in total. The topological polar surface area (TPSA) is 21.3 Å². The van der Waals surface area contributed by atoms with Crippen LogP contribution in [0.1, 0.15) is 25.0 Å². The second kappa shape index (κ2) is 13.2. The first-order valence-corrected chi connectivity index (χ1v) is 20.7. The van der Waals surface area contributed by atoms with E-state index in [-0.39, 0.29) is 5.41 Å². The zero-order valence-electron chi connectivity index (χ0n) is 33.4. The lowest BCUT2D eigenvalue weighted by Gasteiger charge is -2.28. The minimum atomic E-state index is -0.0975. The van der Waals surface area contributed by atoms with Crippen molar-refractivity contribution >= 4 is 60.8 Å². The Bertz CT molecular complexity index is 3420. The molecule has 0 fully saturated rings. The SMILES string of the molecule is CC1(C)c2ccccc2-c2ccc(N(c3ccc(-c4ccccc4)cc3)c3ccc(-c4ccc(-n5c6ccccc6c6cc7c(cc65)oc5ccccc57)cc4)cc3)cc21. The molecular formula is C57H40N2O. The largest absolute Gasteiger partial charge is 0.456 e. The Kier molecular flexibility index (Phi) is 7.58. The summed E-state index contributed by atoms with van der Waals surface area (Å²) in [5.41, 5.74) is 18.7. The van der Waals surface area contributed by atoms with Crippen molar-refractivity contribution in [1.82, 2.24) is 4.57 Å². The van der Waals surface area contributed by atoms with E-state index in [9.17, 15) is 0 Å². The minimum absolute atomic E-state index is 0.0975. The van der Waals surface area contributed by atoms with Gasteiger partial charge in [0.15, 0.2) is 0 Å². The Morgan fingerprint density at radius 3 is 1.68 bits per heavy atom. The van der Waals surface area contributed by atoms with Crippen LogP contribution in [-0.4, -0.2) is 4.57 Å². The van der Waals surface area contributed by atoms with Crippen molar-refractivity contribution in [2.45, 2.75) is 19.3 Å². The average Bonchev–Trinajstić information content (AvgIpc) is 3.91. The van der Waals surface area contributed by atoms with Crippen molar-refractivity contribution < 1.29 is 4.42 Å². The van der Waals surface area contributed by atoms with Gasteiger partial charge >= 0.3 is 0 Å². The van der Waals surface area contributed by atoms with E-state index >= 15 is 0 Å². The monoisotopic (exact) mass is 768 g/mol. The fraction of sp³-hybridized carbons (Fsp3) is 0.0526. The highest BCUT2D eigenvalue weighted by atomic mass is 16.3. The molecule has 9 aromatic carbocycles. The standard InChI is InChI=1S/C57H40N2O/c1-57(2)51-17-9-6-14-45(51)46-33-32-44(34-52(46)57)58(41-26-20-38(21-27-41)37-12-4-3-5-13-37)42-28-22-39(23-29-42)40-24-30-43(31-25-40)59-53-18-10-7-15-47(53)49-35-50-48-16-8-11-19-55(48)60-56(50)36-54(49)59/h3-36H,1-2H3. The maximum atomic E-state index is 6.36. The third-order valence-corrected chi connectivity index (χ3v) is 12.8. The number of furan rings is 1. The number of para-hydroxylation sites is 2. The lowest BCUT2D eigenvalue weighted by Crippen LogP contribution is -2.16. The van der Waals surface area contributed by atoms with Crippen LogP contribution in [0.5, 0.6) is 0 Å². The molecule has 0 saturated heterocycles. The lowest BCUT2D eigenvalue weighted by atomic mass is 9.82. The van der Waals surface area contributed by atoms with Gasteiger partial charge in [-0.1, -0.05) is 147 Å². The summed E-state index contributed by atoms with van der Waals surface area (Å²) in [5.74, 6) is 0. The molecule has 11 aromatic rings. The smallest absolute Gasteiger partial charge is 0.137 e. The van der Waals surface area contributed by atoms with Gasteiger partial charge in [-0.15, -0.1) is 0 Å². The summed E-state index contributed by atoms with van der Waals surface area (Å²) in [6.45, 7) is 4.70. The third-order valence-electron chi connectivity index (χ3n) is 12.8. The van der Waals surface area contributed by atoms with Crippen molar-refractivity contribution in [1.29, 1.82) is 0 Å². The second-order valence-corrected chi connectivity index (χ2v) is 16.6. The molecule has 0 spiro atoms. The number of rotatable bonds is 6. The number of hydrogen-bond donors (Lipinski definition) is 0. The van der Waals surface area contributed by atoms with Gasteiger partial charge in [0, 0.05) is 55.8 Å². The van der Waals surface area contributed by atoms with Gasteiger partial charge in [0.05, 0.1) is 11.0 Å². The molecule has 0 radical (unpaired) electrons. The van der Waals surface area contributed by atoms with Gasteiger partial charge in [-0.3, -0.25) is 0 Å². The minimum Gasteiger partial charge on any atom is -0.456 e. The number of anilines is 3. The number of benzene rings is 9. The molecule has 284 valence electrons. The van der Waals surface area contributed by atoms with E-state index in [1.165, 1.54) is 60.8 Å². The third kappa shape index (κ3) is 5.29. The Hall–Kier alpha value is -7.62. The van der Waals surface area contributed by atoms with E-state index in [0.717, 1.165) is 50.2 Å². The van der Waals surface area contributed by atoms with Crippen LogP contribution in [0.25, 0.3) is 82.8 Å². The molecule has 2 heterocycles. The number of nitrogens with zero attached hydrogens (tertiary/aromatic N) is 2. The summed E-state index contributed by atoms with van der Waals surface area (Å²) in [7, 11) is 0. The van der Waals surface area contributed by atoms with Crippen LogP contribution >= 0.6 is 0 Å². The molecule has 1 aliphatic rings. The molecule has 0 aliphatic heterocycles. The zero-order valence-corrected chi connectivity index (χ0v) is 33.4. The van der Waals surface area contributed by atoms with E-state index in [2.05, 4.69) is 217 Å². The lowest BCUT2D eigenvalue weighted by molar-refractivity contribution is 0.660. The van der Waals surface area contributed by atoms with Gasteiger partial charge in [0.2, 0.25) is 0 Å². The van der Waals surface area contributed by atoms with Gasteiger partial charge in [-0.05, 0) is 111 Å². The van der Waals surface area contributed by atoms with E-state index in [4.69, 9.17) is 4.42 Å². The predicted molar refractivity (Wildman–Crippen MR) is 251 cm³/mol. The van der Waals surface area contributed by atoms with Crippen LogP contribution in [0, 0.1) is 0 Å². The van der Waals surface area contributed by atoms with Crippen molar-refractivity contribution in [3.05, 3.63) is 217 Å². The molecule has 1 aliphatic carbocycles. The van der Waals surface area contributed by atoms with Crippen molar-refractivity contribution in [3.8, 4) is 39.1 Å². The summed E-state index contributed by atoms with van der Waals surface area (Å²) in [6, 6.07) is 74.9. The molecule has 60 heavy (non-hydrogen) atoms. The molecule has 12 rings (SSSR count). The highest BCUT2D eigenvalue weighted by Gasteiger charge is 2.35. The summed E-state index contributed by atoms with van der Waals surface area (Å²) >= 11 is 0. The van der Waals surface area contributed by atoms with Crippen LogP contribution in [0.4, 0.5) is 17.1 Å². The molecular weight excluding hydrogens is 729 g/mol. The van der Waals surface area contributed by atoms with Crippen molar-refractivity contribution in [2.75, 3.05) is 4.90 Å². The fourth-order valence-corrected chi connectivity index (χ4v) is 9.78. The van der Waals surface area contributed by atoms with E-state index in [1.54, 1.807) is 0 Å². The van der Waals surface area contributed by atoms with Crippen molar-refractivity contribution in [2.24, 2.45) is 0 Å². The van der Waals surface area contributed by atoms with E-state index in [0.29, 0.717) is 0 Å². The zero-order chi connectivity index (χ0) is 40.0.